The largest absolute Gasteiger partial charge is 0.395 e. The van der Waals surface area contributed by atoms with Crippen LogP contribution in [0, 0.1) is 0 Å². The molecule has 0 aromatic heterocycles. The predicted molar refractivity (Wildman–Crippen MR) is 42.3 cm³/mol. The van der Waals surface area contributed by atoms with Crippen molar-refractivity contribution in [2.45, 2.75) is 13.0 Å². The third kappa shape index (κ3) is 4.31. The van der Waals surface area contributed by atoms with Gasteiger partial charge in [-0.15, -0.1) is 0 Å². The molecule has 0 amide bonds. The Balaban J connectivity index is 3.66. The molecule has 68 valence electrons. The first-order valence-corrected chi connectivity index (χ1v) is 3.82. The van der Waals surface area contributed by atoms with E-state index in [9.17, 15) is 0 Å². The van der Waals surface area contributed by atoms with E-state index in [2.05, 4.69) is 0 Å². The fourth-order valence-electron chi connectivity index (χ4n) is 0.925. The molecule has 0 bridgehead atoms. The molecule has 3 N–H and O–H groups in total. The van der Waals surface area contributed by atoms with E-state index in [1.807, 2.05) is 11.8 Å². The highest BCUT2D eigenvalue weighted by Crippen LogP contribution is 1.95. The lowest BCUT2D eigenvalue weighted by Gasteiger charge is -2.25. The summed E-state index contributed by atoms with van der Waals surface area (Å²) in [6.07, 6.45) is 0. The maximum absolute atomic E-state index is 8.75. The van der Waals surface area contributed by atoms with Gasteiger partial charge in [0.1, 0.15) is 0 Å². The molecular formula is C7H17NO3. The fourth-order valence-corrected chi connectivity index (χ4v) is 0.925. The van der Waals surface area contributed by atoms with Gasteiger partial charge in [-0.2, -0.15) is 0 Å². The molecule has 0 aromatic rings. The molecule has 0 aliphatic heterocycles. The molecule has 0 spiro atoms. The molecule has 0 rings (SSSR count). The molecule has 0 aromatic carbocycles. The SMILES string of the molecule is C[C@@H](CO)N(CCO)CCO. The molecule has 11 heavy (non-hydrogen) atoms. The van der Waals surface area contributed by atoms with Gasteiger partial charge >= 0.3 is 0 Å². The zero-order valence-corrected chi connectivity index (χ0v) is 6.90. The van der Waals surface area contributed by atoms with Crippen LogP contribution in [0.4, 0.5) is 0 Å². The van der Waals surface area contributed by atoms with E-state index >= 15 is 0 Å². The summed E-state index contributed by atoms with van der Waals surface area (Å²) in [4.78, 5) is 1.83. The second kappa shape index (κ2) is 6.54. The van der Waals surface area contributed by atoms with Crippen LogP contribution in [-0.2, 0) is 0 Å². The summed E-state index contributed by atoms with van der Waals surface area (Å²) in [5.74, 6) is 0. The van der Waals surface area contributed by atoms with Crippen LogP contribution in [0.25, 0.3) is 0 Å². The first-order valence-electron chi connectivity index (χ1n) is 3.82. The highest BCUT2D eigenvalue weighted by Gasteiger charge is 2.10. The lowest BCUT2D eigenvalue weighted by molar-refractivity contribution is 0.0929. The molecule has 4 nitrogen and oxygen atoms in total. The number of rotatable bonds is 6. The average molecular weight is 163 g/mol. The van der Waals surface area contributed by atoms with Gasteiger partial charge in [0.15, 0.2) is 0 Å². The molecule has 0 heterocycles. The summed E-state index contributed by atoms with van der Waals surface area (Å²) >= 11 is 0. The lowest BCUT2D eigenvalue weighted by atomic mass is 10.3. The van der Waals surface area contributed by atoms with E-state index in [1.54, 1.807) is 0 Å². The normalized spacial score (nSPS) is 13.9. The molecule has 0 unspecified atom stereocenters. The fraction of sp³-hybridized carbons (Fsp3) is 1.00. The smallest absolute Gasteiger partial charge is 0.0584 e. The van der Waals surface area contributed by atoms with Crippen LogP contribution in [0.2, 0.25) is 0 Å². The molecule has 0 aliphatic carbocycles. The standard InChI is InChI=1S/C7H17NO3/c1-7(6-11)8(2-4-9)3-5-10/h7,9-11H,2-6H2,1H3/t7-/m0/s1. The Hall–Kier alpha value is -0.160. The van der Waals surface area contributed by atoms with E-state index in [0.29, 0.717) is 13.1 Å². The van der Waals surface area contributed by atoms with Gasteiger partial charge in [-0.1, -0.05) is 0 Å². The van der Waals surface area contributed by atoms with Crippen molar-refractivity contribution in [2.75, 3.05) is 32.9 Å². The Bertz CT molecular complexity index is 83.8. The van der Waals surface area contributed by atoms with Crippen molar-refractivity contribution in [3.8, 4) is 0 Å². The predicted octanol–water partition coefficient (Wildman–Crippen LogP) is -1.35. The van der Waals surface area contributed by atoms with Gasteiger partial charge in [-0.05, 0) is 6.92 Å². The summed E-state index contributed by atoms with van der Waals surface area (Å²) in [7, 11) is 0. The Labute approximate surface area is 67.1 Å². The van der Waals surface area contributed by atoms with Gasteiger partial charge in [0.2, 0.25) is 0 Å². The number of aliphatic hydroxyl groups excluding tert-OH is 3. The van der Waals surface area contributed by atoms with E-state index in [4.69, 9.17) is 15.3 Å². The maximum Gasteiger partial charge on any atom is 0.0584 e. The van der Waals surface area contributed by atoms with Crippen LogP contribution >= 0.6 is 0 Å². The second-order valence-corrected chi connectivity index (χ2v) is 2.51. The lowest BCUT2D eigenvalue weighted by Crippen LogP contribution is -2.39. The topological polar surface area (TPSA) is 63.9 Å². The molecule has 0 saturated carbocycles. The minimum absolute atomic E-state index is 0.00861. The molecular weight excluding hydrogens is 146 g/mol. The van der Waals surface area contributed by atoms with Gasteiger partial charge in [-0.25, -0.2) is 0 Å². The van der Waals surface area contributed by atoms with Crippen molar-refractivity contribution in [1.29, 1.82) is 0 Å². The van der Waals surface area contributed by atoms with Gasteiger partial charge < -0.3 is 15.3 Å². The van der Waals surface area contributed by atoms with Crippen molar-refractivity contribution in [3.63, 3.8) is 0 Å². The molecule has 4 heteroatoms. The van der Waals surface area contributed by atoms with E-state index in [0.717, 1.165) is 0 Å². The number of hydrogen-bond donors (Lipinski definition) is 3. The first kappa shape index (κ1) is 10.8. The molecule has 0 aliphatic rings. The van der Waals surface area contributed by atoms with E-state index in [1.165, 1.54) is 0 Å². The van der Waals surface area contributed by atoms with Crippen LogP contribution in [0.1, 0.15) is 6.92 Å². The third-order valence-electron chi connectivity index (χ3n) is 1.66. The zero-order chi connectivity index (χ0) is 8.69. The molecule has 0 radical (unpaired) electrons. The van der Waals surface area contributed by atoms with Crippen LogP contribution in [-0.4, -0.2) is 59.2 Å². The summed E-state index contributed by atoms with van der Waals surface area (Å²) in [5, 5.41) is 26.0. The monoisotopic (exact) mass is 163 g/mol. The Morgan fingerprint density at radius 1 is 1.09 bits per heavy atom. The number of hydrogen-bond acceptors (Lipinski definition) is 4. The number of nitrogens with zero attached hydrogens (tertiary/aromatic N) is 1. The zero-order valence-electron chi connectivity index (χ0n) is 6.90. The minimum atomic E-state index is 0.00861. The summed E-state index contributed by atoms with van der Waals surface area (Å²) in [6, 6.07) is 0.00861. The van der Waals surface area contributed by atoms with Crippen molar-refractivity contribution >= 4 is 0 Å². The van der Waals surface area contributed by atoms with Gasteiger partial charge in [0.25, 0.3) is 0 Å². The highest BCUT2D eigenvalue weighted by molar-refractivity contribution is 4.64. The van der Waals surface area contributed by atoms with E-state index in [-0.39, 0.29) is 25.9 Å². The van der Waals surface area contributed by atoms with Crippen LogP contribution in [0.15, 0.2) is 0 Å². The summed E-state index contributed by atoms with van der Waals surface area (Å²) in [5.41, 5.74) is 0. The maximum atomic E-state index is 8.75. The minimum Gasteiger partial charge on any atom is -0.395 e. The Morgan fingerprint density at radius 2 is 1.55 bits per heavy atom. The van der Waals surface area contributed by atoms with Crippen LogP contribution < -0.4 is 0 Å². The van der Waals surface area contributed by atoms with Crippen molar-refractivity contribution in [3.05, 3.63) is 0 Å². The Morgan fingerprint density at radius 3 is 1.82 bits per heavy atom. The van der Waals surface area contributed by atoms with Gasteiger partial charge in [0, 0.05) is 19.1 Å². The Kier molecular flexibility index (Phi) is 6.45. The van der Waals surface area contributed by atoms with Gasteiger partial charge in [-0.3, -0.25) is 4.90 Å². The van der Waals surface area contributed by atoms with Crippen LogP contribution in [0.5, 0.6) is 0 Å². The summed E-state index contributed by atoms with van der Waals surface area (Å²) < 4.78 is 0. The quantitative estimate of drug-likeness (QED) is 0.453. The highest BCUT2D eigenvalue weighted by atomic mass is 16.3. The van der Waals surface area contributed by atoms with Crippen molar-refractivity contribution < 1.29 is 15.3 Å². The van der Waals surface area contributed by atoms with E-state index < -0.39 is 0 Å². The van der Waals surface area contributed by atoms with Crippen molar-refractivity contribution in [1.82, 2.24) is 4.90 Å². The first-order chi connectivity index (χ1) is 5.26. The second-order valence-electron chi connectivity index (χ2n) is 2.51. The third-order valence-corrected chi connectivity index (χ3v) is 1.66. The van der Waals surface area contributed by atoms with Crippen molar-refractivity contribution in [2.24, 2.45) is 0 Å². The molecule has 1 atom stereocenters. The van der Waals surface area contributed by atoms with Crippen LogP contribution in [0.3, 0.4) is 0 Å². The molecule has 0 fully saturated rings. The van der Waals surface area contributed by atoms with Gasteiger partial charge in [0.05, 0.1) is 19.8 Å². The number of aliphatic hydroxyl groups is 3. The molecule has 0 saturated heterocycles. The summed E-state index contributed by atoms with van der Waals surface area (Å²) in [6.45, 7) is 3.03. The average Bonchev–Trinajstić information content (AvgIpc) is 2.03.